The van der Waals surface area contributed by atoms with Crippen molar-refractivity contribution in [3.63, 3.8) is 0 Å². The maximum absolute atomic E-state index is 12.3. The summed E-state index contributed by atoms with van der Waals surface area (Å²) < 4.78 is 1.12. The number of benzene rings is 4. The van der Waals surface area contributed by atoms with E-state index in [1.54, 1.807) is 11.3 Å². The van der Waals surface area contributed by atoms with Crippen LogP contribution >= 0.6 is 27.3 Å². The van der Waals surface area contributed by atoms with Crippen LogP contribution in [0.2, 0.25) is 0 Å². The number of H-pyrrole nitrogens is 2. The third-order valence-electron chi connectivity index (χ3n) is 6.51. The normalized spacial score (nSPS) is 11.1. The van der Waals surface area contributed by atoms with Gasteiger partial charge in [-0.05, 0) is 92.8 Å². The maximum atomic E-state index is 12.3. The third kappa shape index (κ3) is 5.15. The zero-order valence-corrected chi connectivity index (χ0v) is 22.3. The summed E-state index contributed by atoms with van der Waals surface area (Å²) in [7, 11) is 0. The summed E-state index contributed by atoms with van der Waals surface area (Å²) in [6.45, 7) is 0. The Morgan fingerprint density at radius 2 is 1.32 bits per heavy atom. The lowest BCUT2D eigenvalue weighted by Crippen LogP contribution is -2.01. The molecule has 0 fully saturated rings. The number of thiophene rings is 1. The second-order valence-electron chi connectivity index (χ2n) is 9.00. The minimum Gasteiger partial charge on any atom is -0.361 e. The Hall–Kier alpha value is -3.93. The Morgan fingerprint density at radius 3 is 2.08 bits per heavy atom. The third-order valence-corrected chi connectivity index (χ3v) is 7.69. The standard InChI is InChI=1S/C24H17NOS.C8H6BrN/c26-24(22-8-10-27-15-22)12-16-1-2-18-13-19(4-3-17(18)11-16)20-5-6-23-21(14-20)7-9-25-23;9-7-1-2-8-6(5-7)3-4-10-8/h1-11,13-15,25H,12H2;1-5,10H. The molecule has 0 spiro atoms. The van der Waals surface area contributed by atoms with E-state index in [0.717, 1.165) is 26.5 Å². The van der Waals surface area contributed by atoms with Gasteiger partial charge in [0.1, 0.15) is 0 Å². The summed E-state index contributed by atoms with van der Waals surface area (Å²) >= 11 is 4.96. The van der Waals surface area contributed by atoms with Gasteiger partial charge in [-0.2, -0.15) is 11.3 Å². The summed E-state index contributed by atoms with van der Waals surface area (Å²) in [6, 6.07) is 31.5. The van der Waals surface area contributed by atoms with E-state index in [1.165, 1.54) is 32.8 Å². The van der Waals surface area contributed by atoms with Crippen LogP contribution in [0.5, 0.6) is 0 Å². The molecule has 0 aliphatic rings. The molecule has 3 nitrogen and oxygen atoms in total. The van der Waals surface area contributed by atoms with Crippen molar-refractivity contribution in [2.24, 2.45) is 0 Å². The Labute approximate surface area is 226 Å². The number of rotatable bonds is 4. The van der Waals surface area contributed by atoms with Crippen molar-refractivity contribution in [3.05, 3.63) is 130 Å². The Balaban J connectivity index is 0.000000210. The van der Waals surface area contributed by atoms with Gasteiger partial charge in [-0.15, -0.1) is 0 Å². The number of halogens is 1. The quantitative estimate of drug-likeness (QED) is 0.206. The highest BCUT2D eigenvalue weighted by Gasteiger charge is 2.09. The maximum Gasteiger partial charge on any atom is 0.168 e. The van der Waals surface area contributed by atoms with Gasteiger partial charge in [0, 0.05) is 50.7 Å². The van der Waals surface area contributed by atoms with Crippen LogP contribution in [-0.4, -0.2) is 15.8 Å². The molecule has 3 heterocycles. The molecular formula is C32H23BrN2OS. The van der Waals surface area contributed by atoms with Crippen molar-refractivity contribution in [2.75, 3.05) is 0 Å². The number of Topliss-reactive ketones (excluding diaryl/α,β-unsaturated/α-hetero) is 1. The number of carbonyl (C=O) groups excluding carboxylic acids is 1. The van der Waals surface area contributed by atoms with E-state index >= 15 is 0 Å². The molecule has 0 bridgehead atoms. The lowest BCUT2D eigenvalue weighted by atomic mass is 9.97. The first kappa shape index (κ1) is 23.5. The summed E-state index contributed by atoms with van der Waals surface area (Å²) in [5, 5.41) is 8.67. The Bertz CT molecular complexity index is 1850. The zero-order chi connectivity index (χ0) is 25.2. The van der Waals surface area contributed by atoms with Crippen LogP contribution in [0.1, 0.15) is 15.9 Å². The van der Waals surface area contributed by atoms with Gasteiger partial charge < -0.3 is 9.97 Å². The first-order valence-corrected chi connectivity index (χ1v) is 13.7. The molecule has 180 valence electrons. The smallest absolute Gasteiger partial charge is 0.168 e. The molecule has 7 aromatic rings. The van der Waals surface area contributed by atoms with Gasteiger partial charge in [0.15, 0.2) is 5.78 Å². The molecule has 5 heteroatoms. The Morgan fingerprint density at radius 1 is 0.676 bits per heavy atom. The molecule has 7 rings (SSSR count). The van der Waals surface area contributed by atoms with Gasteiger partial charge in [0.2, 0.25) is 0 Å². The van der Waals surface area contributed by atoms with Gasteiger partial charge in [-0.3, -0.25) is 4.79 Å². The van der Waals surface area contributed by atoms with E-state index in [0.29, 0.717) is 6.42 Å². The molecule has 37 heavy (non-hydrogen) atoms. The average Bonchev–Trinajstić information content (AvgIpc) is 3.70. The van der Waals surface area contributed by atoms with Crippen LogP contribution in [0.15, 0.2) is 119 Å². The fourth-order valence-corrected chi connectivity index (χ4v) is 5.59. The monoisotopic (exact) mass is 562 g/mol. The van der Waals surface area contributed by atoms with E-state index in [-0.39, 0.29) is 5.78 Å². The van der Waals surface area contributed by atoms with Crippen molar-refractivity contribution < 1.29 is 4.79 Å². The number of aromatic nitrogens is 2. The summed E-state index contributed by atoms with van der Waals surface area (Å²) in [5.74, 6) is 0.173. The molecule has 0 unspecified atom stereocenters. The van der Waals surface area contributed by atoms with Crippen LogP contribution in [0.3, 0.4) is 0 Å². The number of carbonyl (C=O) groups is 1. The molecule has 2 N–H and O–H groups in total. The zero-order valence-electron chi connectivity index (χ0n) is 19.9. The van der Waals surface area contributed by atoms with Crippen LogP contribution in [0.4, 0.5) is 0 Å². The van der Waals surface area contributed by atoms with Crippen LogP contribution in [0.25, 0.3) is 43.7 Å². The van der Waals surface area contributed by atoms with E-state index < -0.39 is 0 Å². The minimum atomic E-state index is 0.173. The molecule has 0 atom stereocenters. The number of ketones is 1. The fraction of sp³-hybridized carbons (Fsp3) is 0.0312. The predicted octanol–water partition coefficient (Wildman–Crippen LogP) is 9.41. The highest BCUT2D eigenvalue weighted by Crippen LogP contribution is 2.28. The molecule has 4 aromatic carbocycles. The van der Waals surface area contributed by atoms with Crippen molar-refractivity contribution in [1.29, 1.82) is 0 Å². The molecule has 0 saturated carbocycles. The number of fused-ring (bicyclic) bond motifs is 3. The SMILES string of the molecule is Brc1ccc2[nH]ccc2c1.O=C(Cc1ccc2cc(-c3ccc4[nH]ccc4c3)ccc2c1)c1ccsc1. The van der Waals surface area contributed by atoms with E-state index in [1.807, 2.05) is 35.3 Å². The molecular weight excluding hydrogens is 540 g/mol. The van der Waals surface area contributed by atoms with Crippen LogP contribution < -0.4 is 0 Å². The number of aromatic amines is 2. The lowest BCUT2D eigenvalue weighted by molar-refractivity contribution is 0.0993. The molecule has 0 aliphatic heterocycles. The largest absolute Gasteiger partial charge is 0.361 e. The van der Waals surface area contributed by atoms with Crippen molar-refractivity contribution >= 4 is 65.6 Å². The first-order chi connectivity index (χ1) is 18.1. The van der Waals surface area contributed by atoms with Crippen LogP contribution in [-0.2, 0) is 6.42 Å². The van der Waals surface area contributed by atoms with Gasteiger partial charge >= 0.3 is 0 Å². The topological polar surface area (TPSA) is 48.6 Å². The molecule has 0 amide bonds. The lowest BCUT2D eigenvalue weighted by Gasteiger charge is -2.07. The van der Waals surface area contributed by atoms with Gasteiger partial charge in [-0.25, -0.2) is 0 Å². The number of nitrogens with one attached hydrogen (secondary N) is 2. The van der Waals surface area contributed by atoms with Gasteiger partial charge in [0.25, 0.3) is 0 Å². The van der Waals surface area contributed by atoms with Crippen LogP contribution in [0, 0.1) is 0 Å². The molecule has 3 aromatic heterocycles. The minimum absolute atomic E-state index is 0.173. The van der Waals surface area contributed by atoms with Gasteiger partial charge in [-0.1, -0.05) is 52.3 Å². The Kier molecular flexibility index (Phi) is 6.47. The second kappa shape index (κ2) is 10.2. The molecule has 0 aliphatic carbocycles. The van der Waals surface area contributed by atoms with Crippen molar-refractivity contribution in [3.8, 4) is 11.1 Å². The molecule has 0 radical (unpaired) electrons. The van der Waals surface area contributed by atoms with E-state index in [9.17, 15) is 4.79 Å². The first-order valence-electron chi connectivity index (χ1n) is 12.0. The van der Waals surface area contributed by atoms with E-state index in [4.69, 9.17) is 0 Å². The average molecular weight is 564 g/mol. The second-order valence-corrected chi connectivity index (χ2v) is 10.7. The van der Waals surface area contributed by atoms with Gasteiger partial charge in [0.05, 0.1) is 0 Å². The van der Waals surface area contributed by atoms with Crippen molar-refractivity contribution in [1.82, 2.24) is 9.97 Å². The fourth-order valence-electron chi connectivity index (χ4n) is 4.55. The summed E-state index contributed by atoms with van der Waals surface area (Å²) in [4.78, 5) is 18.7. The number of hydrogen-bond acceptors (Lipinski definition) is 2. The van der Waals surface area contributed by atoms with Crippen molar-refractivity contribution in [2.45, 2.75) is 6.42 Å². The highest BCUT2D eigenvalue weighted by molar-refractivity contribution is 9.10. The predicted molar refractivity (Wildman–Crippen MR) is 160 cm³/mol. The highest BCUT2D eigenvalue weighted by atomic mass is 79.9. The molecule has 0 saturated heterocycles. The number of hydrogen-bond donors (Lipinski definition) is 2. The summed E-state index contributed by atoms with van der Waals surface area (Å²) in [5.41, 5.74) is 6.60. The summed E-state index contributed by atoms with van der Waals surface area (Å²) in [6.07, 6.45) is 4.35. The van der Waals surface area contributed by atoms with E-state index in [2.05, 4.69) is 105 Å².